The van der Waals surface area contributed by atoms with Crippen LogP contribution in [0.15, 0.2) is 41.3 Å². The lowest BCUT2D eigenvalue weighted by atomic mass is 9.98. The van der Waals surface area contributed by atoms with Gasteiger partial charge in [0.1, 0.15) is 11.5 Å². The molecule has 0 saturated carbocycles. The standard InChI is InChI=1S/C25H32O6S/c1-4-6-21-23(12-11-20(17(3)26)24(21)28)31-13-5-14-32-19-9-7-18(8-10-19)15-22(27)16(2)25(29)30/h7-12,16,22,27-28H,4-6,13-15H2,1-3H3,(H,29,30). The molecule has 32 heavy (non-hydrogen) atoms. The van der Waals surface area contributed by atoms with Gasteiger partial charge in [-0.3, -0.25) is 9.59 Å². The number of aliphatic hydroxyl groups excluding tert-OH is 1. The van der Waals surface area contributed by atoms with Crippen LogP contribution in [0.1, 0.15) is 55.1 Å². The number of hydrogen-bond acceptors (Lipinski definition) is 6. The van der Waals surface area contributed by atoms with Crippen molar-refractivity contribution in [1.82, 2.24) is 0 Å². The van der Waals surface area contributed by atoms with Crippen LogP contribution in [-0.2, 0) is 17.6 Å². The molecule has 0 spiro atoms. The number of carboxylic acid groups (broad SMARTS) is 1. The summed E-state index contributed by atoms with van der Waals surface area (Å²) in [5.41, 5.74) is 1.91. The number of carbonyl (C=O) groups excluding carboxylic acids is 1. The zero-order valence-corrected chi connectivity index (χ0v) is 19.7. The maximum Gasteiger partial charge on any atom is 0.308 e. The lowest BCUT2D eigenvalue weighted by molar-refractivity contribution is -0.144. The zero-order valence-electron chi connectivity index (χ0n) is 18.8. The Labute approximate surface area is 193 Å². The highest BCUT2D eigenvalue weighted by Crippen LogP contribution is 2.33. The minimum Gasteiger partial charge on any atom is -0.507 e. The lowest BCUT2D eigenvalue weighted by Crippen LogP contribution is -2.27. The highest BCUT2D eigenvalue weighted by atomic mass is 32.2. The topological polar surface area (TPSA) is 104 Å². The van der Waals surface area contributed by atoms with Gasteiger partial charge in [0, 0.05) is 16.2 Å². The second kappa shape index (κ2) is 12.5. The number of aliphatic hydroxyl groups is 1. The summed E-state index contributed by atoms with van der Waals surface area (Å²) < 4.78 is 5.89. The molecule has 2 aromatic carbocycles. The summed E-state index contributed by atoms with van der Waals surface area (Å²) in [6, 6.07) is 11.1. The Kier molecular flexibility index (Phi) is 10.1. The summed E-state index contributed by atoms with van der Waals surface area (Å²) in [6.07, 6.45) is 1.68. The predicted octanol–water partition coefficient (Wildman–Crippen LogP) is 4.73. The number of phenols is 1. The number of carbonyl (C=O) groups is 2. The molecule has 0 aliphatic heterocycles. The minimum absolute atomic E-state index is 0.0224. The fourth-order valence-corrected chi connectivity index (χ4v) is 4.09. The van der Waals surface area contributed by atoms with Crippen LogP contribution in [0, 0.1) is 5.92 Å². The van der Waals surface area contributed by atoms with Gasteiger partial charge in [-0.1, -0.05) is 25.5 Å². The third-order valence-electron chi connectivity index (χ3n) is 5.27. The van der Waals surface area contributed by atoms with Gasteiger partial charge in [0.25, 0.3) is 0 Å². The number of benzene rings is 2. The molecule has 0 fully saturated rings. The van der Waals surface area contributed by atoms with Crippen molar-refractivity contribution in [3.63, 3.8) is 0 Å². The fourth-order valence-electron chi connectivity index (χ4n) is 3.26. The van der Waals surface area contributed by atoms with Crippen LogP contribution in [0.2, 0.25) is 0 Å². The van der Waals surface area contributed by atoms with Crippen LogP contribution < -0.4 is 4.74 Å². The van der Waals surface area contributed by atoms with Gasteiger partial charge < -0.3 is 20.1 Å². The number of aliphatic carboxylic acids is 1. The maximum absolute atomic E-state index is 11.7. The van der Waals surface area contributed by atoms with Crippen molar-refractivity contribution >= 4 is 23.5 Å². The van der Waals surface area contributed by atoms with Gasteiger partial charge in [-0.15, -0.1) is 11.8 Å². The first-order valence-electron chi connectivity index (χ1n) is 10.9. The SMILES string of the molecule is CCCc1c(OCCCSc2ccc(CC(O)C(C)C(=O)O)cc2)ccc(C(C)=O)c1O. The number of aromatic hydroxyl groups is 1. The highest BCUT2D eigenvalue weighted by molar-refractivity contribution is 7.99. The third-order valence-corrected chi connectivity index (χ3v) is 6.37. The molecule has 2 atom stereocenters. The Morgan fingerprint density at radius 1 is 1.12 bits per heavy atom. The summed E-state index contributed by atoms with van der Waals surface area (Å²) in [6.45, 7) is 5.45. The van der Waals surface area contributed by atoms with E-state index in [-0.39, 0.29) is 11.5 Å². The first kappa shape index (κ1) is 25.7. The first-order valence-corrected chi connectivity index (χ1v) is 11.8. The number of thioether (sulfide) groups is 1. The summed E-state index contributed by atoms with van der Waals surface area (Å²) in [7, 11) is 0. The molecule has 0 amide bonds. The molecule has 2 rings (SSSR count). The van der Waals surface area contributed by atoms with Gasteiger partial charge in [-0.25, -0.2) is 0 Å². The van der Waals surface area contributed by atoms with Gasteiger partial charge >= 0.3 is 5.97 Å². The third kappa shape index (κ3) is 7.28. The number of ether oxygens (including phenoxy) is 1. The molecule has 0 aromatic heterocycles. The van der Waals surface area contributed by atoms with E-state index in [4.69, 9.17) is 9.84 Å². The van der Waals surface area contributed by atoms with Crippen LogP contribution in [0.25, 0.3) is 0 Å². The van der Waals surface area contributed by atoms with Gasteiger partial charge in [-0.05, 0) is 62.9 Å². The van der Waals surface area contributed by atoms with E-state index in [1.54, 1.807) is 23.9 Å². The molecule has 0 saturated heterocycles. The molecule has 3 N–H and O–H groups in total. The quantitative estimate of drug-likeness (QED) is 0.225. The van der Waals surface area contributed by atoms with Crippen LogP contribution in [0.5, 0.6) is 11.5 Å². The predicted molar refractivity (Wildman–Crippen MR) is 126 cm³/mol. The Morgan fingerprint density at radius 3 is 2.41 bits per heavy atom. The molecule has 2 unspecified atom stereocenters. The van der Waals surface area contributed by atoms with Gasteiger partial charge in [-0.2, -0.15) is 0 Å². The molecule has 0 radical (unpaired) electrons. The smallest absolute Gasteiger partial charge is 0.308 e. The Balaban J connectivity index is 1.82. The Morgan fingerprint density at radius 2 is 1.81 bits per heavy atom. The van der Waals surface area contributed by atoms with E-state index in [2.05, 4.69) is 0 Å². The van der Waals surface area contributed by atoms with Gasteiger partial charge in [0.15, 0.2) is 5.78 Å². The molecule has 6 nitrogen and oxygen atoms in total. The highest BCUT2D eigenvalue weighted by Gasteiger charge is 2.21. The zero-order chi connectivity index (χ0) is 23.7. The summed E-state index contributed by atoms with van der Waals surface area (Å²) >= 11 is 1.69. The number of hydrogen-bond donors (Lipinski definition) is 3. The van der Waals surface area contributed by atoms with Crippen molar-refractivity contribution in [3.05, 3.63) is 53.1 Å². The molecule has 174 valence electrons. The molecule has 7 heteroatoms. The summed E-state index contributed by atoms with van der Waals surface area (Å²) in [5, 5.41) is 29.4. The number of carboxylic acids is 1. The largest absolute Gasteiger partial charge is 0.507 e. The van der Waals surface area contributed by atoms with Crippen molar-refractivity contribution in [2.45, 2.75) is 57.5 Å². The second-order valence-electron chi connectivity index (χ2n) is 7.84. The van der Waals surface area contributed by atoms with Crippen molar-refractivity contribution in [3.8, 4) is 11.5 Å². The molecule has 0 bridgehead atoms. The van der Waals surface area contributed by atoms with Crippen molar-refractivity contribution in [1.29, 1.82) is 0 Å². The molecule has 0 aliphatic rings. The van der Waals surface area contributed by atoms with Crippen LogP contribution in [0.3, 0.4) is 0 Å². The van der Waals surface area contributed by atoms with E-state index < -0.39 is 18.0 Å². The van der Waals surface area contributed by atoms with E-state index in [1.165, 1.54) is 13.8 Å². The second-order valence-corrected chi connectivity index (χ2v) is 9.01. The maximum atomic E-state index is 11.7. The molecular formula is C25H32O6S. The number of rotatable bonds is 13. The summed E-state index contributed by atoms with van der Waals surface area (Å²) in [5.74, 6) is -0.480. The molecular weight excluding hydrogens is 428 g/mol. The van der Waals surface area contributed by atoms with E-state index in [0.717, 1.165) is 29.1 Å². The number of phenolic OH excluding ortho intramolecular Hbond substituents is 1. The van der Waals surface area contributed by atoms with Crippen molar-refractivity contribution in [2.24, 2.45) is 5.92 Å². The number of Topliss-reactive ketones (excluding diaryl/α,β-unsaturated/α-hetero) is 1. The van der Waals surface area contributed by atoms with E-state index in [0.29, 0.717) is 36.3 Å². The molecule has 0 heterocycles. The van der Waals surface area contributed by atoms with Gasteiger partial charge in [0.2, 0.25) is 0 Å². The Hall–Kier alpha value is -2.51. The molecule has 2 aromatic rings. The monoisotopic (exact) mass is 460 g/mol. The average molecular weight is 461 g/mol. The van der Waals surface area contributed by atoms with Crippen LogP contribution in [-0.4, -0.2) is 45.5 Å². The van der Waals surface area contributed by atoms with E-state index in [1.807, 2.05) is 31.2 Å². The Bertz CT molecular complexity index is 909. The fraction of sp³-hybridized carbons (Fsp3) is 0.440. The number of ketones is 1. The van der Waals surface area contributed by atoms with E-state index >= 15 is 0 Å². The lowest BCUT2D eigenvalue weighted by Gasteiger charge is -2.15. The summed E-state index contributed by atoms with van der Waals surface area (Å²) in [4.78, 5) is 23.7. The first-order chi connectivity index (χ1) is 15.2. The van der Waals surface area contributed by atoms with Gasteiger partial charge in [0.05, 0.1) is 24.2 Å². The average Bonchev–Trinajstić information content (AvgIpc) is 2.75. The van der Waals surface area contributed by atoms with Crippen LogP contribution >= 0.6 is 11.8 Å². The van der Waals surface area contributed by atoms with Crippen LogP contribution in [0.4, 0.5) is 0 Å². The molecule has 0 aliphatic carbocycles. The normalized spacial score (nSPS) is 12.9. The van der Waals surface area contributed by atoms with E-state index in [9.17, 15) is 19.8 Å². The minimum atomic E-state index is -1.00. The van der Waals surface area contributed by atoms with Crippen molar-refractivity contribution < 1.29 is 29.6 Å². The van der Waals surface area contributed by atoms with Crippen molar-refractivity contribution in [2.75, 3.05) is 12.4 Å².